The molecule has 6 heteroatoms. The molecule has 0 unspecified atom stereocenters. The fourth-order valence-corrected chi connectivity index (χ4v) is 2.87. The summed E-state index contributed by atoms with van der Waals surface area (Å²) in [6, 6.07) is 9.30. The molecule has 1 heterocycles. The summed E-state index contributed by atoms with van der Waals surface area (Å²) in [6.45, 7) is 6.10. The van der Waals surface area contributed by atoms with Gasteiger partial charge in [-0.3, -0.25) is 9.59 Å². The summed E-state index contributed by atoms with van der Waals surface area (Å²) in [4.78, 5) is 30.1. The van der Waals surface area contributed by atoms with Crippen molar-refractivity contribution >= 4 is 23.4 Å². The molecule has 2 rings (SSSR count). The van der Waals surface area contributed by atoms with Gasteiger partial charge in [-0.2, -0.15) is 0 Å². The zero-order chi connectivity index (χ0) is 16.8. The number of carbonyl (C=O) groups is 1. The van der Waals surface area contributed by atoms with Crippen molar-refractivity contribution in [1.29, 1.82) is 0 Å². The van der Waals surface area contributed by atoms with Gasteiger partial charge in [0.15, 0.2) is 5.16 Å². The van der Waals surface area contributed by atoms with E-state index in [9.17, 15) is 9.59 Å². The monoisotopic (exact) mass is 331 g/mol. The predicted molar refractivity (Wildman–Crippen MR) is 93.9 cm³/mol. The lowest BCUT2D eigenvalue weighted by Crippen LogP contribution is -2.15. The Balaban J connectivity index is 1.88. The molecule has 0 saturated heterocycles. The van der Waals surface area contributed by atoms with Crippen molar-refractivity contribution in [3.05, 3.63) is 51.9 Å². The number of carbonyl (C=O) groups excluding carboxylic acids is 1. The van der Waals surface area contributed by atoms with E-state index in [-0.39, 0.29) is 17.2 Å². The smallest absolute Gasteiger partial charge is 0.251 e. The number of benzene rings is 1. The summed E-state index contributed by atoms with van der Waals surface area (Å²) < 4.78 is 0. The first-order chi connectivity index (χ1) is 10.9. The number of nitrogens with zero attached hydrogens (tertiary/aromatic N) is 1. The number of nitrogens with one attached hydrogen (secondary N) is 2. The third-order valence-corrected chi connectivity index (χ3v) is 3.94. The van der Waals surface area contributed by atoms with E-state index in [4.69, 9.17) is 0 Å². The summed E-state index contributed by atoms with van der Waals surface area (Å²) >= 11 is 1.21. The number of hydrogen-bond donors (Lipinski definition) is 2. The molecule has 0 radical (unpaired) electrons. The molecule has 0 aliphatic carbocycles. The predicted octanol–water partition coefficient (Wildman–Crippen LogP) is 3.01. The minimum atomic E-state index is -0.207. The molecule has 1 aromatic heterocycles. The Morgan fingerprint density at radius 2 is 2.00 bits per heavy atom. The zero-order valence-corrected chi connectivity index (χ0v) is 14.4. The highest BCUT2D eigenvalue weighted by Gasteiger charge is 2.06. The number of aromatic nitrogens is 2. The second-order valence-corrected chi connectivity index (χ2v) is 6.79. The first kappa shape index (κ1) is 17.3. The lowest BCUT2D eigenvalue weighted by molar-refractivity contribution is -0.113. The first-order valence-corrected chi connectivity index (χ1v) is 8.50. The van der Waals surface area contributed by atoms with Crippen LogP contribution in [0.2, 0.25) is 0 Å². The lowest BCUT2D eigenvalue weighted by atomic mass is 10.0. The van der Waals surface area contributed by atoms with Gasteiger partial charge < -0.3 is 10.3 Å². The van der Waals surface area contributed by atoms with Gasteiger partial charge in [0, 0.05) is 17.4 Å². The minimum Gasteiger partial charge on any atom is -0.325 e. The van der Waals surface area contributed by atoms with Gasteiger partial charge in [-0.25, -0.2) is 4.98 Å². The average Bonchev–Trinajstić information content (AvgIpc) is 2.46. The van der Waals surface area contributed by atoms with Gasteiger partial charge in [-0.1, -0.05) is 37.7 Å². The SMILES string of the molecule is Cc1cc(=O)[nH]c(SCC(=O)Nc2ccc(CC(C)C)cc2)n1. The van der Waals surface area contributed by atoms with Gasteiger partial charge in [-0.15, -0.1) is 0 Å². The summed E-state index contributed by atoms with van der Waals surface area (Å²) in [5, 5.41) is 3.30. The second kappa shape index (κ2) is 7.97. The molecular weight excluding hydrogens is 310 g/mol. The van der Waals surface area contributed by atoms with Crippen molar-refractivity contribution in [2.24, 2.45) is 5.92 Å². The third-order valence-electron chi connectivity index (χ3n) is 3.07. The topological polar surface area (TPSA) is 74.8 Å². The molecule has 23 heavy (non-hydrogen) atoms. The molecule has 2 N–H and O–H groups in total. The number of amides is 1. The van der Waals surface area contributed by atoms with E-state index < -0.39 is 0 Å². The van der Waals surface area contributed by atoms with E-state index >= 15 is 0 Å². The van der Waals surface area contributed by atoms with Crippen LogP contribution in [0.3, 0.4) is 0 Å². The van der Waals surface area contributed by atoms with Crippen LogP contribution < -0.4 is 10.9 Å². The fourth-order valence-electron chi connectivity index (χ4n) is 2.15. The number of rotatable bonds is 6. The van der Waals surface area contributed by atoms with E-state index in [1.165, 1.54) is 23.4 Å². The molecule has 0 bridgehead atoms. The van der Waals surface area contributed by atoms with Crippen molar-refractivity contribution in [2.75, 3.05) is 11.1 Å². The maximum atomic E-state index is 12.0. The molecule has 1 aromatic carbocycles. The van der Waals surface area contributed by atoms with Crippen LogP contribution in [-0.2, 0) is 11.2 Å². The van der Waals surface area contributed by atoms with E-state index in [2.05, 4.69) is 29.1 Å². The van der Waals surface area contributed by atoms with Gasteiger partial charge in [0.25, 0.3) is 5.56 Å². The highest BCUT2D eigenvalue weighted by Crippen LogP contribution is 2.15. The molecule has 1 amide bonds. The summed E-state index contributed by atoms with van der Waals surface area (Å²) in [5.41, 5.74) is 2.46. The van der Waals surface area contributed by atoms with Crippen LogP contribution in [0.5, 0.6) is 0 Å². The zero-order valence-electron chi connectivity index (χ0n) is 13.6. The normalized spacial score (nSPS) is 10.8. The fraction of sp³-hybridized carbons (Fsp3) is 0.353. The van der Waals surface area contributed by atoms with Crippen LogP contribution >= 0.6 is 11.8 Å². The Morgan fingerprint density at radius 1 is 1.30 bits per heavy atom. The van der Waals surface area contributed by atoms with Crippen LogP contribution in [0.25, 0.3) is 0 Å². The van der Waals surface area contributed by atoms with Crippen molar-refractivity contribution in [1.82, 2.24) is 9.97 Å². The molecular formula is C17H21N3O2S. The molecule has 0 fully saturated rings. The quantitative estimate of drug-likeness (QED) is 0.630. The van der Waals surface area contributed by atoms with Crippen LogP contribution in [0.1, 0.15) is 25.1 Å². The molecule has 0 spiro atoms. The maximum absolute atomic E-state index is 12.0. The van der Waals surface area contributed by atoms with Crippen molar-refractivity contribution < 1.29 is 4.79 Å². The number of hydrogen-bond acceptors (Lipinski definition) is 4. The minimum absolute atomic E-state index is 0.129. The Bertz CT molecular complexity index is 723. The summed E-state index contributed by atoms with van der Waals surface area (Å²) in [5.74, 6) is 0.673. The number of aromatic amines is 1. The molecule has 0 saturated carbocycles. The van der Waals surface area contributed by atoms with Crippen LogP contribution in [0.15, 0.2) is 40.3 Å². The molecule has 0 atom stereocenters. The van der Waals surface area contributed by atoms with Gasteiger partial charge >= 0.3 is 0 Å². The second-order valence-electron chi connectivity index (χ2n) is 5.82. The van der Waals surface area contributed by atoms with E-state index in [0.29, 0.717) is 16.8 Å². The van der Waals surface area contributed by atoms with Crippen LogP contribution in [-0.4, -0.2) is 21.6 Å². The number of thioether (sulfide) groups is 1. The highest BCUT2D eigenvalue weighted by atomic mass is 32.2. The Kier molecular flexibility index (Phi) is 5.98. The standard InChI is InChI=1S/C17H21N3O2S/c1-11(2)8-13-4-6-14(7-5-13)19-16(22)10-23-17-18-12(3)9-15(21)20-17/h4-7,9,11H,8,10H2,1-3H3,(H,19,22)(H,18,20,21). The Labute approximate surface area is 139 Å². The lowest BCUT2D eigenvalue weighted by Gasteiger charge is -2.08. The molecule has 0 aliphatic rings. The Hall–Kier alpha value is -2.08. The summed E-state index contributed by atoms with van der Waals surface area (Å²) in [6.07, 6.45) is 1.02. The largest absolute Gasteiger partial charge is 0.325 e. The first-order valence-electron chi connectivity index (χ1n) is 7.52. The van der Waals surface area contributed by atoms with E-state index in [0.717, 1.165) is 12.1 Å². The van der Waals surface area contributed by atoms with Gasteiger partial charge in [0.05, 0.1) is 5.75 Å². The van der Waals surface area contributed by atoms with Crippen LogP contribution in [0, 0.1) is 12.8 Å². The van der Waals surface area contributed by atoms with Crippen molar-refractivity contribution in [3.8, 4) is 0 Å². The number of H-pyrrole nitrogens is 1. The van der Waals surface area contributed by atoms with Crippen molar-refractivity contribution in [2.45, 2.75) is 32.3 Å². The Morgan fingerprint density at radius 3 is 2.61 bits per heavy atom. The van der Waals surface area contributed by atoms with Gasteiger partial charge in [0.1, 0.15) is 0 Å². The third kappa shape index (κ3) is 5.90. The number of anilines is 1. The molecule has 5 nitrogen and oxygen atoms in total. The van der Waals surface area contributed by atoms with Gasteiger partial charge in [-0.05, 0) is 37.0 Å². The molecule has 122 valence electrons. The van der Waals surface area contributed by atoms with E-state index in [1.54, 1.807) is 6.92 Å². The average molecular weight is 331 g/mol. The highest BCUT2D eigenvalue weighted by molar-refractivity contribution is 7.99. The molecule has 0 aliphatic heterocycles. The van der Waals surface area contributed by atoms with Gasteiger partial charge in [0.2, 0.25) is 5.91 Å². The maximum Gasteiger partial charge on any atom is 0.251 e. The van der Waals surface area contributed by atoms with Crippen LogP contribution in [0.4, 0.5) is 5.69 Å². The summed E-state index contributed by atoms with van der Waals surface area (Å²) in [7, 11) is 0. The van der Waals surface area contributed by atoms with E-state index in [1.807, 2.05) is 24.3 Å². The number of aryl methyl sites for hydroxylation is 1. The van der Waals surface area contributed by atoms with Crippen molar-refractivity contribution in [3.63, 3.8) is 0 Å². The molecule has 2 aromatic rings.